The van der Waals surface area contributed by atoms with E-state index in [9.17, 15) is 9.59 Å². The number of primary amides is 1. The lowest BCUT2D eigenvalue weighted by molar-refractivity contribution is 0.100. The van der Waals surface area contributed by atoms with Gasteiger partial charge in [-0.1, -0.05) is 18.2 Å². The van der Waals surface area contributed by atoms with Crippen LogP contribution in [0.3, 0.4) is 0 Å². The van der Waals surface area contributed by atoms with Crippen LogP contribution in [-0.2, 0) is 0 Å². The highest BCUT2D eigenvalue weighted by atomic mass is 16.2. The van der Waals surface area contributed by atoms with Gasteiger partial charge in [0.1, 0.15) is 5.82 Å². The summed E-state index contributed by atoms with van der Waals surface area (Å²) in [6.45, 7) is 0. The van der Waals surface area contributed by atoms with Crippen LogP contribution < -0.4 is 16.4 Å². The Hall–Kier alpha value is -2.89. The van der Waals surface area contributed by atoms with Crippen LogP contribution in [-0.4, -0.2) is 16.9 Å². The van der Waals surface area contributed by atoms with Gasteiger partial charge < -0.3 is 11.1 Å². The Bertz CT molecular complexity index is 599. The summed E-state index contributed by atoms with van der Waals surface area (Å²) in [6, 6.07) is 11.2. The number of nitrogens with zero attached hydrogens (tertiary/aromatic N) is 1. The van der Waals surface area contributed by atoms with E-state index in [1.165, 1.54) is 0 Å². The third-order valence-corrected chi connectivity index (χ3v) is 2.35. The lowest BCUT2D eigenvalue weighted by Gasteiger charge is -2.09. The molecule has 0 radical (unpaired) electrons. The van der Waals surface area contributed by atoms with E-state index < -0.39 is 11.9 Å². The number of pyridine rings is 1. The first-order chi connectivity index (χ1) is 9.16. The fraction of sp³-hybridized carbons (Fsp3) is 0. The molecule has 96 valence electrons. The van der Waals surface area contributed by atoms with E-state index in [0.29, 0.717) is 11.5 Å². The molecule has 0 aliphatic carbocycles. The van der Waals surface area contributed by atoms with Crippen LogP contribution >= 0.6 is 0 Å². The van der Waals surface area contributed by atoms with Gasteiger partial charge in [-0.15, -0.1) is 0 Å². The second-order valence-corrected chi connectivity index (χ2v) is 3.70. The molecule has 1 heterocycles. The van der Waals surface area contributed by atoms with Crippen molar-refractivity contribution >= 4 is 23.4 Å². The normalized spacial score (nSPS) is 9.68. The number of amides is 3. The Morgan fingerprint density at radius 1 is 1.00 bits per heavy atom. The summed E-state index contributed by atoms with van der Waals surface area (Å²) < 4.78 is 0. The number of hydrogen-bond acceptors (Lipinski definition) is 3. The smallest absolute Gasteiger partial charge is 0.324 e. The number of rotatable bonds is 3. The monoisotopic (exact) mass is 256 g/mol. The van der Waals surface area contributed by atoms with Crippen LogP contribution in [0.2, 0.25) is 0 Å². The van der Waals surface area contributed by atoms with Crippen molar-refractivity contribution in [2.24, 2.45) is 5.73 Å². The molecule has 1 aromatic heterocycles. The molecule has 2 rings (SSSR count). The minimum Gasteiger partial charge on any atom is -0.366 e. The average molecular weight is 256 g/mol. The van der Waals surface area contributed by atoms with Gasteiger partial charge in [-0.05, 0) is 24.3 Å². The van der Waals surface area contributed by atoms with Crippen molar-refractivity contribution in [1.29, 1.82) is 0 Å². The van der Waals surface area contributed by atoms with E-state index in [2.05, 4.69) is 15.6 Å². The Labute approximate surface area is 109 Å². The number of urea groups is 1. The van der Waals surface area contributed by atoms with Gasteiger partial charge in [0.05, 0.1) is 11.3 Å². The fourth-order valence-corrected chi connectivity index (χ4v) is 1.51. The summed E-state index contributed by atoms with van der Waals surface area (Å²) in [4.78, 5) is 26.9. The highest BCUT2D eigenvalue weighted by Crippen LogP contribution is 2.14. The summed E-state index contributed by atoms with van der Waals surface area (Å²) in [6.07, 6.45) is 1.56. The van der Waals surface area contributed by atoms with Crippen LogP contribution in [0.25, 0.3) is 0 Å². The van der Waals surface area contributed by atoms with E-state index in [-0.39, 0.29) is 5.56 Å². The van der Waals surface area contributed by atoms with Crippen molar-refractivity contribution < 1.29 is 9.59 Å². The van der Waals surface area contributed by atoms with Crippen LogP contribution in [0.4, 0.5) is 16.3 Å². The van der Waals surface area contributed by atoms with Crippen LogP contribution in [0, 0.1) is 0 Å². The minimum absolute atomic E-state index is 0.249. The molecule has 0 aliphatic heterocycles. The van der Waals surface area contributed by atoms with Crippen LogP contribution in [0.15, 0.2) is 48.7 Å². The zero-order valence-corrected chi connectivity index (χ0v) is 9.96. The highest BCUT2D eigenvalue weighted by Gasteiger charge is 2.10. The van der Waals surface area contributed by atoms with Gasteiger partial charge >= 0.3 is 6.03 Å². The molecule has 0 atom stereocenters. The summed E-state index contributed by atoms with van der Waals surface area (Å²) in [5, 5.41) is 5.09. The van der Waals surface area contributed by atoms with Crippen LogP contribution in [0.5, 0.6) is 0 Å². The maximum absolute atomic E-state index is 11.7. The van der Waals surface area contributed by atoms with Gasteiger partial charge in [-0.2, -0.15) is 0 Å². The highest BCUT2D eigenvalue weighted by molar-refractivity contribution is 6.05. The number of nitrogens with one attached hydrogen (secondary N) is 2. The molecule has 0 saturated heterocycles. The summed E-state index contributed by atoms with van der Waals surface area (Å²) in [7, 11) is 0. The topological polar surface area (TPSA) is 97.1 Å². The Kier molecular flexibility index (Phi) is 3.72. The van der Waals surface area contributed by atoms with Crippen molar-refractivity contribution in [3.8, 4) is 0 Å². The second kappa shape index (κ2) is 5.63. The van der Waals surface area contributed by atoms with Crippen molar-refractivity contribution in [2.75, 3.05) is 10.6 Å². The lowest BCUT2D eigenvalue weighted by Crippen LogP contribution is -2.22. The molecule has 0 unspecified atom stereocenters. The Balaban J connectivity index is 2.09. The number of hydrogen-bond donors (Lipinski definition) is 3. The first-order valence-corrected chi connectivity index (χ1v) is 5.54. The van der Waals surface area contributed by atoms with Gasteiger partial charge in [-0.3, -0.25) is 10.1 Å². The molecule has 19 heavy (non-hydrogen) atoms. The SMILES string of the molecule is NC(=O)c1ccccc1NC(=O)Nc1ccccn1. The predicted octanol–water partition coefficient (Wildman–Crippen LogP) is 1.82. The largest absolute Gasteiger partial charge is 0.366 e. The molecule has 6 heteroatoms. The number of nitrogens with two attached hydrogens (primary N) is 1. The molecule has 4 N–H and O–H groups in total. The lowest BCUT2D eigenvalue weighted by atomic mass is 10.1. The number of para-hydroxylation sites is 1. The van der Waals surface area contributed by atoms with Crippen molar-refractivity contribution in [3.63, 3.8) is 0 Å². The van der Waals surface area contributed by atoms with Gasteiger partial charge in [0.2, 0.25) is 0 Å². The average Bonchev–Trinajstić information content (AvgIpc) is 2.40. The zero-order chi connectivity index (χ0) is 13.7. The zero-order valence-electron chi connectivity index (χ0n) is 9.96. The van der Waals surface area contributed by atoms with Crippen molar-refractivity contribution in [1.82, 2.24) is 4.98 Å². The molecular weight excluding hydrogens is 244 g/mol. The predicted molar refractivity (Wildman–Crippen MR) is 71.8 cm³/mol. The molecule has 6 nitrogen and oxygen atoms in total. The number of benzene rings is 1. The number of anilines is 2. The van der Waals surface area contributed by atoms with Crippen molar-refractivity contribution in [3.05, 3.63) is 54.2 Å². The van der Waals surface area contributed by atoms with E-state index in [1.807, 2.05) is 0 Å². The maximum atomic E-state index is 11.7. The van der Waals surface area contributed by atoms with E-state index in [4.69, 9.17) is 5.73 Å². The Morgan fingerprint density at radius 2 is 1.74 bits per heavy atom. The molecule has 0 spiro atoms. The quantitative estimate of drug-likeness (QED) is 0.781. The Morgan fingerprint density at radius 3 is 2.42 bits per heavy atom. The van der Waals surface area contributed by atoms with E-state index in [0.717, 1.165) is 0 Å². The third kappa shape index (κ3) is 3.29. The van der Waals surface area contributed by atoms with Crippen LogP contribution in [0.1, 0.15) is 10.4 Å². The molecular formula is C13H12N4O2. The number of carbonyl (C=O) groups excluding carboxylic acids is 2. The molecule has 0 bridgehead atoms. The van der Waals surface area contributed by atoms with Crippen molar-refractivity contribution in [2.45, 2.75) is 0 Å². The van der Waals surface area contributed by atoms with Gasteiger partial charge in [0.15, 0.2) is 0 Å². The first-order valence-electron chi connectivity index (χ1n) is 5.54. The summed E-state index contributed by atoms with van der Waals surface area (Å²) >= 11 is 0. The van der Waals surface area contributed by atoms with Gasteiger partial charge in [0.25, 0.3) is 5.91 Å². The van der Waals surface area contributed by atoms with E-state index in [1.54, 1.807) is 48.7 Å². The standard InChI is InChI=1S/C13H12N4O2/c14-12(18)9-5-1-2-6-10(9)16-13(19)17-11-7-3-4-8-15-11/h1-8H,(H2,14,18)(H2,15,16,17,19). The molecule has 3 amide bonds. The summed E-state index contributed by atoms with van der Waals surface area (Å²) in [5.74, 6) is -0.190. The minimum atomic E-state index is -0.603. The molecule has 1 aromatic carbocycles. The fourth-order valence-electron chi connectivity index (χ4n) is 1.51. The summed E-state index contributed by atoms with van der Waals surface area (Å²) in [5.41, 5.74) is 5.82. The number of carbonyl (C=O) groups is 2. The third-order valence-electron chi connectivity index (χ3n) is 2.35. The molecule has 0 aliphatic rings. The van der Waals surface area contributed by atoms with Gasteiger partial charge in [0, 0.05) is 6.20 Å². The number of aromatic nitrogens is 1. The second-order valence-electron chi connectivity index (χ2n) is 3.70. The molecule has 0 saturated carbocycles. The van der Waals surface area contributed by atoms with E-state index >= 15 is 0 Å². The maximum Gasteiger partial charge on any atom is 0.324 e. The first kappa shape index (κ1) is 12.6. The molecule has 0 fully saturated rings. The van der Waals surface area contributed by atoms with Gasteiger partial charge in [-0.25, -0.2) is 9.78 Å². The molecule has 2 aromatic rings.